The molecular formula is C21H22F2N4O3S. The number of aromatic hydroxyl groups is 1. The predicted molar refractivity (Wildman–Crippen MR) is 113 cm³/mol. The molecule has 3 aromatic rings. The topological polar surface area (TPSA) is 78.7 Å². The third kappa shape index (κ3) is 3.63. The highest BCUT2D eigenvalue weighted by molar-refractivity contribution is 7.88. The van der Waals surface area contributed by atoms with Crippen LogP contribution < -0.4 is 4.90 Å². The first-order chi connectivity index (χ1) is 14.7. The van der Waals surface area contributed by atoms with Crippen molar-refractivity contribution in [3.8, 4) is 11.4 Å². The van der Waals surface area contributed by atoms with Gasteiger partial charge in [-0.2, -0.15) is 13.8 Å². The maximum atomic E-state index is 13.8. The van der Waals surface area contributed by atoms with E-state index in [1.54, 1.807) is 6.20 Å². The lowest BCUT2D eigenvalue weighted by molar-refractivity contribution is 0.388. The van der Waals surface area contributed by atoms with Crippen LogP contribution in [0.2, 0.25) is 0 Å². The van der Waals surface area contributed by atoms with E-state index >= 15 is 0 Å². The first-order valence-electron chi connectivity index (χ1n) is 10.1. The fraction of sp³-hybridized carbons (Fsp3) is 0.381. The summed E-state index contributed by atoms with van der Waals surface area (Å²) in [4.78, 5) is 2.20. The minimum atomic E-state index is -3.20. The SMILES string of the molecule is CS(=O)(=O)N1CCN(c2cc3cnn(-c4cc(O)c(F)c(F)c4)c3cc2C2CC2)CC1. The molecule has 0 bridgehead atoms. The zero-order valence-corrected chi connectivity index (χ0v) is 17.7. The van der Waals surface area contributed by atoms with E-state index < -0.39 is 27.4 Å². The number of rotatable bonds is 4. The molecule has 7 nitrogen and oxygen atoms in total. The Morgan fingerprint density at radius 1 is 1.06 bits per heavy atom. The van der Waals surface area contributed by atoms with Crippen LogP contribution in [0.25, 0.3) is 16.6 Å². The zero-order chi connectivity index (χ0) is 21.9. The number of piperazine rings is 1. The van der Waals surface area contributed by atoms with Crippen molar-refractivity contribution in [1.29, 1.82) is 0 Å². The van der Waals surface area contributed by atoms with Crippen LogP contribution in [0.3, 0.4) is 0 Å². The molecule has 1 N–H and O–H groups in total. The smallest absolute Gasteiger partial charge is 0.211 e. The molecule has 1 aliphatic carbocycles. The molecule has 31 heavy (non-hydrogen) atoms. The zero-order valence-electron chi connectivity index (χ0n) is 16.9. The van der Waals surface area contributed by atoms with Crippen molar-refractivity contribution in [3.63, 3.8) is 0 Å². The number of phenols is 1. The van der Waals surface area contributed by atoms with Gasteiger partial charge in [-0.3, -0.25) is 0 Å². The fourth-order valence-electron chi connectivity index (χ4n) is 4.22. The van der Waals surface area contributed by atoms with Crippen molar-refractivity contribution in [3.05, 3.63) is 47.7 Å². The molecule has 2 fully saturated rings. The van der Waals surface area contributed by atoms with Crippen LogP contribution in [0.15, 0.2) is 30.5 Å². The average molecular weight is 448 g/mol. The third-order valence-electron chi connectivity index (χ3n) is 6.02. The molecule has 1 saturated heterocycles. The van der Waals surface area contributed by atoms with Crippen LogP contribution in [-0.4, -0.2) is 60.0 Å². The van der Waals surface area contributed by atoms with Crippen molar-refractivity contribution >= 4 is 26.6 Å². The van der Waals surface area contributed by atoms with Gasteiger partial charge in [-0.05, 0) is 36.5 Å². The van der Waals surface area contributed by atoms with Crippen molar-refractivity contribution < 1.29 is 22.3 Å². The molecule has 0 amide bonds. The minimum Gasteiger partial charge on any atom is -0.505 e. The Morgan fingerprint density at radius 3 is 2.39 bits per heavy atom. The van der Waals surface area contributed by atoms with Crippen LogP contribution >= 0.6 is 0 Å². The van der Waals surface area contributed by atoms with Crippen LogP contribution in [0.1, 0.15) is 24.3 Å². The van der Waals surface area contributed by atoms with E-state index in [0.717, 1.165) is 47.1 Å². The second-order valence-corrected chi connectivity index (χ2v) is 10.2. The summed E-state index contributed by atoms with van der Waals surface area (Å²) < 4.78 is 54.0. The van der Waals surface area contributed by atoms with Gasteiger partial charge in [0.2, 0.25) is 10.0 Å². The summed E-state index contributed by atoms with van der Waals surface area (Å²) in [7, 11) is -3.20. The molecule has 0 unspecified atom stereocenters. The van der Waals surface area contributed by atoms with Gasteiger partial charge in [0.25, 0.3) is 0 Å². The van der Waals surface area contributed by atoms with E-state index in [9.17, 15) is 22.3 Å². The summed E-state index contributed by atoms with van der Waals surface area (Å²) in [5.74, 6) is -2.77. The predicted octanol–water partition coefficient (Wildman–Crippen LogP) is 2.97. The van der Waals surface area contributed by atoms with Gasteiger partial charge in [0.1, 0.15) is 0 Å². The lowest BCUT2D eigenvalue weighted by atomic mass is 10.0. The lowest BCUT2D eigenvalue weighted by Gasteiger charge is -2.36. The van der Waals surface area contributed by atoms with E-state index in [4.69, 9.17) is 0 Å². The summed E-state index contributed by atoms with van der Waals surface area (Å²) in [5, 5.41) is 14.9. The number of sulfonamides is 1. The van der Waals surface area contributed by atoms with Gasteiger partial charge < -0.3 is 10.0 Å². The standard InChI is InChI=1S/C21H22F2N4O3S/c1-31(29,30)26-6-4-25(5-7-26)19-8-14-12-24-27(18(14)11-16(19)13-2-3-13)15-9-17(22)21(23)20(28)10-15/h8-13,28H,2-7H2,1H3. The molecule has 1 aromatic heterocycles. The maximum absolute atomic E-state index is 13.8. The molecule has 2 aromatic carbocycles. The molecule has 2 heterocycles. The first kappa shape index (κ1) is 20.2. The molecule has 10 heteroatoms. The molecular weight excluding hydrogens is 426 g/mol. The summed E-state index contributed by atoms with van der Waals surface area (Å²) >= 11 is 0. The highest BCUT2D eigenvalue weighted by Gasteiger charge is 2.31. The van der Waals surface area contributed by atoms with Gasteiger partial charge in [0, 0.05) is 49.4 Å². The van der Waals surface area contributed by atoms with E-state index in [1.165, 1.54) is 15.2 Å². The Bertz CT molecular complexity index is 1260. The third-order valence-corrected chi connectivity index (χ3v) is 7.32. The Hall–Kier alpha value is -2.72. The molecule has 5 rings (SSSR count). The minimum absolute atomic E-state index is 0.239. The van der Waals surface area contributed by atoms with Gasteiger partial charge in [-0.25, -0.2) is 17.5 Å². The van der Waals surface area contributed by atoms with Gasteiger partial charge in [-0.15, -0.1) is 0 Å². The summed E-state index contributed by atoms with van der Waals surface area (Å²) in [6.07, 6.45) is 5.03. The average Bonchev–Trinajstić information content (AvgIpc) is 3.49. The number of hydrogen-bond donors (Lipinski definition) is 1. The Morgan fingerprint density at radius 2 is 1.77 bits per heavy atom. The number of halogens is 2. The number of fused-ring (bicyclic) bond motifs is 1. The molecule has 1 saturated carbocycles. The van der Waals surface area contributed by atoms with Crippen molar-refractivity contribution in [2.75, 3.05) is 37.3 Å². The second-order valence-electron chi connectivity index (χ2n) is 8.21. The summed E-state index contributed by atoms with van der Waals surface area (Å²) in [5.41, 5.74) is 3.19. The normalized spacial score (nSPS) is 18.1. The van der Waals surface area contributed by atoms with Crippen LogP contribution in [0.4, 0.5) is 14.5 Å². The van der Waals surface area contributed by atoms with E-state index in [2.05, 4.69) is 10.00 Å². The van der Waals surface area contributed by atoms with Crippen LogP contribution in [-0.2, 0) is 10.0 Å². The molecule has 0 atom stereocenters. The molecule has 0 radical (unpaired) electrons. The number of hydrogen-bond acceptors (Lipinski definition) is 5. The molecule has 164 valence electrons. The number of nitrogens with zero attached hydrogens (tertiary/aromatic N) is 4. The maximum Gasteiger partial charge on any atom is 0.211 e. The van der Waals surface area contributed by atoms with Gasteiger partial charge in [-0.1, -0.05) is 0 Å². The van der Waals surface area contributed by atoms with Crippen molar-refractivity contribution in [2.45, 2.75) is 18.8 Å². The highest BCUT2D eigenvalue weighted by atomic mass is 32.2. The summed E-state index contributed by atoms with van der Waals surface area (Å²) in [6, 6.07) is 6.22. The van der Waals surface area contributed by atoms with Gasteiger partial charge in [0.15, 0.2) is 17.4 Å². The van der Waals surface area contributed by atoms with Crippen molar-refractivity contribution in [2.24, 2.45) is 0 Å². The molecule has 2 aliphatic rings. The first-order valence-corrected chi connectivity index (χ1v) is 12.0. The quantitative estimate of drug-likeness (QED) is 0.664. The van der Waals surface area contributed by atoms with E-state index in [1.807, 2.05) is 12.1 Å². The summed E-state index contributed by atoms with van der Waals surface area (Å²) in [6.45, 7) is 2.08. The molecule has 1 aliphatic heterocycles. The Balaban J connectivity index is 1.54. The monoisotopic (exact) mass is 448 g/mol. The van der Waals surface area contributed by atoms with Crippen LogP contribution in [0.5, 0.6) is 5.75 Å². The van der Waals surface area contributed by atoms with Crippen LogP contribution in [0, 0.1) is 11.6 Å². The Labute approximate surface area is 178 Å². The van der Waals surface area contributed by atoms with E-state index in [0.29, 0.717) is 32.1 Å². The number of anilines is 1. The fourth-order valence-corrected chi connectivity index (χ4v) is 5.05. The number of aromatic nitrogens is 2. The largest absolute Gasteiger partial charge is 0.505 e. The van der Waals surface area contributed by atoms with Crippen molar-refractivity contribution in [1.82, 2.24) is 14.1 Å². The number of phenolic OH excluding ortho intramolecular Hbond substituents is 1. The lowest BCUT2D eigenvalue weighted by Crippen LogP contribution is -2.48. The molecule has 0 spiro atoms. The van der Waals surface area contributed by atoms with Gasteiger partial charge >= 0.3 is 0 Å². The second kappa shape index (κ2) is 7.16. The van der Waals surface area contributed by atoms with Gasteiger partial charge in [0.05, 0.1) is 23.7 Å². The Kier molecular flexibility index (Phi) is 4.67. The highest BCUT2D eigenvalue weighted by Crippen LogP contribution is 2.46. The van der Waals surface area contributed by atoms with E-state index in [-0.39, 0.29) is 5.69 Å². The number of benzene rings is 2.